The molecule has 0 saturated carbocycles. The zero-order valence-electron chi connectivity index (χ0n) is 11.5. The molecule has 20 heavy (non-hydrogen) atoms. The van der Waals surface area contributed by atoms with Gasteiger partial charge in [-0.15, -0.1) is 0 Å². The van der Waals surface area contributed by atoms with E-state index in [9.17, 15) is 13.2 Å². The summed E-state index contributed by atoms with van der Waals surface area (Å²) in [5.74, 6) is -1.20. The summed E-state index contributed by atoms with van der Waals surface area (Å²) < 4.78 is 31.3. The summed E-state index contributed by atoms with van der Waals surface area (Å²) in [6.07, 6.45) is 0.637. The number of aliphatic carboxylic acids is 1. The third kappa shape index (κ3) is 4.92. The van der Waals surface area contributed by atoms with Gasteiger partial charge in [-0.1, -0.05) is 12.1 Å². The van der Waals surface area contributed by atoms with E-state index in [1.807, 2.05) is 0 Å². The molecule has 0 fully saturated rings. The van der Waals surface area contributed by atoms with Gasteiger partial charge in [0.05, 0.1) is 4.90 Å². The lowest BCUT2D eigenvalue weighted by Crippen LogP contribution is -2.40. The molecule has 112 valence electrons. The Bertz CT molecular complexity index is 556. The number of hydrogen-bond donors (Lipinski definition) is 2. The van der Waals surface area contributed by atoms with Crippen LogP contribution in [0.4, 0.5) is 0 Å². The van der Waals surface area contributed by atoms with E-state index in [4.69, 9.17) is 9.84 Å². The van der Waals surface area contributed by atoms with Crippen molar-refractivity contribution in [2.45, 2.75) is 30.7 Å². The van der Waals surface area contributed by atoms with Gasteiger partial charge in [-0.25, -0.2) is 8.42 Å². The number of nitrogens with one attached hydrogen (secondary N) is 1. The van der Waals surface area contributed by atoms with Crippen molar-refractivity contribution >= 4 is 16.0 Å². The monoisotopic (exact) mass is 301 g/mol. The van der Waals surface area contributed by atoms with Crippen molar-refractivity contribution in [2.24, 2.45) is 0 Å². The minimum Gasteiger partial charge on any atom is -0.480 e. The number of carboxylic acid groups (broad SMARTS) is 1. The Morgan fingerprint density at radius 2 is 2.15 bits per heavy atom. The summed E-state index contributed by atoms with van der Waals surface area (Å²) >= 11 is 0. The maximum atomic E-state index is 12.1. The third-order valence-electron chi connectivity index (χ3n) is 2.74. The molecule has 0 spiro atoms. The second kappa shape index (κ2) is 7.37. The number of carboxylic acids is 1. The first-order valence-electron chi connectivity index (χ1n) is 6.17. The largest absolute Gasteiger partial charge is 0.480 e. The van der Waals surface area contributed by atoms with Crippen LogP contribution < -0.4 is 4.72 Å². The highest BCUT2D eigenvalue weighted by Gasteiger charge is 2.24. The summed E-state index contributed by atoms with van der Waals surface area (Å²) in [7, 11) is -2.33. The molecule has 0 saturated heterocycles. The van der Waals surface area contributed by atoms with Crippen LogP contribution in [0.1, 0.15) is 18.4 Å². The Kier molecular flexibility index (Phi) is 6.12. The van der Waals surface area contributed by atoms with Gasteiger partial charge < -0.3 is 9.84 Å². The number of hydrogen-bond acceptors (Lipinski definition) is 4. The number of methoxy groups -OCH3 is 1. The topological polar surface area (TPSA) is 92.7 Å². The average molecular weight is 301 g/mol. The first-order chi connectivity index (χ1) is 9.36. The maximum absolute atomic E-state index is 12.1. The van der Waals surface area contributed by atoms with E-state index in [-0.39, 0.29) is 11.3 Å². The minimum atomic E-state index is -3.84. The highest BCUT2D eigenvalue weighted by Crippen LogP contribution is 2.12. The molecule has 0 aliphatic carbocycles. The van der Waals surface area contributed by atoms with Crippen molar-refractivity contribution in [3.05, 3.63) is 29.8 Å². The molecular formula is C13H19NO5S. The molecule has 1 rings (SSSR count). The van der Waals surface area contributed by atoms with Crippen molar-refractivity contribution in [1.82, 2.24) is 4.72 Å². The van der Waals surface area contributed by atoms with E-state index in [0.29, 0.717) is 13.0 Å². The van der Waals surface area contributed by atoms with E-state index in [2.05, 4.69) is 4.72 Å². The van der Waals surface area contributed by atoms with Crippen LogP contribution in [0, 0.1) is 6.92 Å². The molecule has 0 radical (unpaired) electrons. The molecule has 0 aromatic heterocycles. The highest BCUT2D eigenvalue weighted by atomic mass is 32.2. The maximum Gasteiger partial charge on any atom is 0.321 e. The fourth-order valence-electron chi connectivity index (χ4n) is 1.70. The quantitative estimate of drug-likeness (QED) is 0.703. The van der Waals surface area contributed by atoms with Gasteiger partial charge >= 0.3 is 5.97 Å². The lowest BCUT2D eigenvalue weighted by molar-refractivity contribution is -0.139. The van der Waals surface area contributed by atoms with Crippen LogP contribution in [-0.4, -0.2) is 39.3 Å². The SMILES string of the molecule is COCCCC(NS(=O)(=O)c1cccc(C)c1)C(=O)O. The molecule has 0 heterocycles. The fourth-order valence-corrected chi connectivity index (χ4v) is 3.03. The molecule has 0 amide bonds. The van der Waals surface area contributed by atoms with Crippen molar-refractivity contribution < 1.29 is 23.1 Å². The van der Waals surface area contributed by atoms with Crippen LogP contribution in [0.2, 0.25) is 0 Å². The fraction of sp³-hybridized carbons (Fsp3) is 0.462. The lowest BCUT2D eigenvalue weighted by atomic mass is 10.2. The summed E-state index contributed by atoms with van der Waals surface area (Å²) in [4.78, 5) is 11.2. The molecule has 2 N–H and O–H groups in total. The number of aryl methyl sites for hydroxylation is 1. The van der Waals surface area contributed by atoms with Crippen LogP contribution in [0.3, 0.4) is 0 Å². The Morgan fingerprint density at radius 1 is 1.45 bits per heavy atom. The van der Waals surface area contributed by atoms with E-state index in [1.54, 1.807) is 19.1 Å². The number of ether oxygens (including phenoxy) is 1. The summed E-state index contributed by atoms with van der Waals surface area (Å²) in [6.45, 7) is 2.15. The van der Waals surface area contributed by atoms with E-state index in [1.165, 1.54) is 19.2 Å². The van der Waals surface area contributed by atoms with Gasteiger partial charge in [-0.05, 0) is 37.5 Å². The van der Waals surface area contributed by atoms with Crippen molar-refractivity contribution in [2.75, 3.05) is 13.7 Å². The van der Waals surface area contributed by atoms with Gasteiger partial charge in [0.2, 0.25) is 10.0 Å². The number of rotatable bonds is 8. The molecule has 0 aliphatic rings. The van der Waals surface area contributed by atoms with Gasteiger partial charge in [-0.3, -0.25) is 4.79 Å². The molecule has 7 heteroatoms. The van der Waals surface area contributed by atoms with E-state index >= 15 is 0 Å². The van der Waals surface area contributed by atoms with Crippen LogP contribution in [0.25, 0.3) is 0 Å². The molecule has 1 aromatic rings. The molecule has 0 bridgehead atoms. The predicted molar refractivity (Wildman–Crippen MR) is 74.0 cm³/mol. The van der Waals surface area contributed by atoms with Crippen LogP contribution in [0.15, 0.2) is 29.2 Å². The minimum absolute atomic E-state index is 0.0653. The number of carbonyl (C=O) groups is 1. The smallest absolute Gasteiger partial charge is 0.321 e. The van der Waals surface area contributed by atoms with E-state index in [0.717, 1.165) is 5.56 Å². The summed E-state index contributed by atoms with van der Waals surface area (Å²) in [6, 6.07) is 5.16. The number of sulfonamides is 1. The highest BCUT2D eigenvalue weighted by molar-refractivity contribution is 7.89. The van der Waals surface area contributed by atoms with Crippen molar-refractivity contribution in [3.8, 4) is 0 Å². The Balaban J connectivity index is 2.83. The van der Waals surface area contributed by atoms with Gasteiger partial charge in [-0.2, -0.15) is 4.72 Å². The van der Waals surface area contributed by atoms with Crippen LogP contribution in [-0.2, 0) is 19.6 Å². The zero-order valence-corrected chi connectivity index (χ0v) is 12.3. The van der Waals surface area contributed by atoms with Crippen molar-refractivity contribution in [1.29, 1.82) is 0 Å². The average Bonchev–Trinajstić information content (AvgIpc) is 2.37. The van der Waals surface area contributed by atoms with Gasteiger partial charge in [0.25, 0.3) is 0 Å². The van der Waals surface area contributed by atoms with Gasteiger partial charge in [0.1, 0.15) is 6.04 Å². The standard InChI is InChI=1S/C13H19NO5S/c1-10-5-3-6-11(9-10)20(17,18)14-12(13(15)16)7-4-8-19-2/h3,5-6,9,12,14H,4,7-8H2,1-2H3,(H,15,16). The molecule has 1 aromatic carbocycles. The van der Waals surface area contributed by atoms with Crippen molar-refractivity contribution in [3.63, 3.8) is 0 Å². The van der Waals surface area contributed by atoms with Crippen LogP contribution in [0.5, 0.6) is 0 Å². The molecule has 6 nitrogen and oxygen atoms in total. The molecular weight excluding hydrogens is 282 g/mol. The first kappa shape index (κ1) is 16.6. The molecule has 1 unspecified atom stereocenters. The second-order valence-corrected chi connectivity index (χ2v) is 6.18. The van der Waals surface area contributed by atoms with Crippen LogP contribution >= 0.6 is 0 Å². The van der Waals surface area contributed by atoms with Gasteiger partial charge in [0, 0.05) is 13.7 Å². The molecule has 0 aliphatic heterocycles. The zero-order chi connectivity index (χ0) is 15.2. The Hall–Kier alpha value is -1.44. The van der Waals surface area contributed by atoms with E-state index < -0.39 is 22.0 Å². The first-order valence-corrected chi connectivity index (χ1v) is 7.66. The second-order valence-electron chi connectivity index (χ2n) is 4.46. The Morgan fingerprint density at radius 3 is 2.70 bits per heavy atom. The number of benzene rings is 1. The Labute approximate surface area is 118 Å². The summed E-state index contributed by atoms with van der Waals surface area (Å²) in [5.41, 5.74) is 0.791. The van der Waals surface area contributed by atoms with Gasteiger partial charge in [0.15, 0.2) is 0 Å². The lowest BCUT2D eigenvalue weighted by Gasteiger charge is -2.14. The summed E-state index contributed by atoms with van der Waals surface area (Å²) in [5, 5.41) is 9.07. The normalized spacial score (nSPS) is 13.1. The third-order valence-corrected chi connectivity index (χ3v) is 4.21. The molecule has 1 atom stereocenters. The predicted octanol–water partition coefficient (Wildman–Crippen LogP) is 1.15.